The predicted molar refractivity (Wildman–Crippen MR) is 339 cm³/mol. The van der Waals surface area contributed by atoms with Crippen LogP contribution in [0.2, 0.25) is 0 Å². The summed E-state index contributed by atoms with van der Waals surface area (Å²) in [5.74, 6) is -0.894. The van der Waals surface area contributed by atoms with Crippen molar-refractivity contribution < 1.29 is 37.6 Å². The largest absolute Gasteiger partial charge is 0.472 e. The van der Waals surface area contributed by atoms with Crippen LogP contribution in [0.4, 0.5) is 0 Å². The molecular weight excluding hydrogens is 1000 g/mol. The first-order valence-corrected chi connectivity index (χ1v) is 33.9. The highest BCUT2D eigenvalue weighted by atomic mass is 31.2. The van der Waals surface area contributed by atoms with Crippen LogP contribution in [0.1, 0.15) is 284 Å². The number of rotatable bonds is 60. The summed E-state index contributed by atoms with van der Waals surface area (Å²) in [6, 6.07) is 0. The smallest absolute Gasteiger partial charge is 0.462 e. The number of carbonyl (C=O) groups is 2. The van der Waals surface area contributed by atoms with Gasteiger partial charge in [0, 0.05) is 19.4 Å². The van der Waals surface area contributed by atoms with Crippen molar-refractivity contribution in [1.82, 2.24) is 0 Å². The van der Waals surface area contributed by atoms with E-state index in [0.29, 0.717) is 12.8 Å². The second kappa shape index (κ2) is 63.8. The minimum Gasteiger partial charge on any atom is -0.462 e. The van der Waals surface area contributed by atoms with Crippen LogP contribution in [0.15, 0.2) is 109 Å². The van der Waals surface area contributed by atoms with Gasteiger partial charge < -0.3 is 20.1 Å². The summed E-state index contributed by atoms with van der Waals surface area (Å²) >= 11 is 0. The van der Waals surface area contributed by atoms with E-state index < -0.39 is 32.5 Å². The maximum absolute atomic E-state index is 12.7. The summed E-state index contributed by atoms with van der Waals surface area (Å²) in [4.78, 5) is 35.2. The van der Waals surface area contributed by atoms with Gasteiger partial charge in [-0.2, -0.15) is 0 Å². The maximum Gasteiger partial charge on any atom is 0.472 e. The second-order valence-electron chi connectivity index (χ2n) is 21.3. The van der Waals surface area contributed by atoms with Crippen molar-refractivity contribution in [3.8, 4) is 0 Å². The Morgan fingerprint density at radius 2 is 0.696 bits per heavy atom. The Morgan fingerprint density at radius 3 is 1.03 bits per heavy atom. The number of phosphoric acid groups is 1. The van der Waals surface area contributed by atoms with Crippen molar-refractivity contribution in [1.29, 1.82) is 0 Å². The summed E-state index contributed by atoms with van der Waals surface area (Å²) in [6.45, 7) is 3.59. The number of ether oxygens (including phenoxy) is 2. The average molecular weight is 1120 g/mol. The third kappa shape index (κ3) is 63.7. The van der Waals surface area contributed by atoms with Crippen LogP contribution in [-0.2, 0) is 32.7 Å². The Kier molecular flexibility index (Phi) is 61.2. The average Bonchev–Trinajstić information content (AvgIpc) is 3.44. The van der Waals surface area contributed by atoms with Gasteiger partial charge in [0.1, 0.15) is 6.61 Å². The van der Waals surface area contributed by atoms with E-state index in [0.717, 1.165) is 77.0 Å². The summed E-state index contributed by atoms with van der Waals surface area (Å²) in [5.41, 5.74) is 5.39. The molecule has 454 valence electrons. The van der Waals surface area contributed by atoms with Gasteiger partial charge in [-0.15, -0.1) is 0 Å². The van der Waals surface area contributed by atoms with E-state index in [1.54, 1.807) is 0 Å². The fraction of sp³-hybridized carbons (Fsp3) is 0.710. The van der Waals surface area contributed by atoms with Crippen LogP contribution >= 0.6 is 7.82 Å². The summed E-state index contributed by atoms with van der Waals surface area (Å²) in [7, 11) is -4.41. The molecule has 0 saturated heterocycles. The number of nitrogens with two attached hydrogens (primary N) is 1. The van der Waals surface area contributed by atoms with E-state index in [1.165, 1.54) is 167 Å². The van der Waals surface area contributed by atoms with E-state index in [1.807, 2.05) is 6.08 Å². The number of unbranched alkanes of at least 4 members (excludes halogenated alkanes) is 29. The molecule has 0 aliphatic rings. The number of allylic oxidation sites excluding steroid dienone is 18. The Morgan fingerprint density at radius 1 is 0.392 bits per heavy atom. The topological polar surface area (TPSA) is 134 Å². The van der Waals surface area contributed by atoms with E-state index in [9.17, 15) is 19.0 Å². The summed E-state index contributed by atoms with van der Waals surface area (Å²) in [5, 5.41) is 0. The van der Waals surface area contributed by atoms with Gasteiger partial charge in [0.05, 0.1) is 13.2 Å². The van der Waals surface area contributed by atoms with Crippen molar-refractivity contribution in [2.45, 2.75) is 290 Å². The minimum atomic E-state index is -4.41. The summed E-state index contributed by atoms with van der Waals surface area (Å²) in [6.07, 6.45) is 87.5. The van der Waals surface area contributed by atoms with Crippen LogP contribution in [0.25, 0.3) is 0 Å². The first-order chi connectivity index (χ1) is 38.8. The zero-order chi connectivity index (χ0) is 57.3. The Bertz CT molecular complexity index is 1660. The number of phosphoric ester groups is 1. The lowest BCUT2D eigenvalue weighted by molar-refractivity contribution is -0.161. The van der Waals surface area contributed by atoms with Crippen LogP contribution in [-0.4, -0.2) is 49.3 Å². The molecule has 0 spiro atoms. The van der Waals surface area contributed by atoms with Crippen LogP contribution in [0.5, 0.6) is 0 Å². The minimum absolute atomic E-state index is 0.0397. The second-order valence-corrected chi connectivity index (χ2v) is 22.7. The SMILES string of the molecule is CC/C=C\C/C=C\C/C=C\C/C=C\C/C=C\C/C=C\C/C=C\C/C=C\C/C=C\CCCC(=O)OC(COC(=O)CCCCCCCCCCCCCCCCCCCCCCCCCCCCCCC)COP(=O)(O)OCCN. The molecular formula is C69H120NO8P. The number of esters is 2. The fourth-order valence-electron chi connectivity index (χ4n) is 8.93. The van der Waals surface area contributed by atoms with E-state index in [2.05, 4.69) is 117 Å². The first-order valence-electron chi connectivity index (χ1n) is 32.4. The Hall–Kier alpha value is -3.33. The quantitative estimate of drug-likeness (QED) is 0.0264. The number of hydrogen-bond donors (Lipinski definition) is 2. The molecule has 0 aromatic carbocycles. The normalized spacial score (nSPS) is 13.7. The van der Waals surface area contributed by atoms with Gasteiger partial charge in [-0.25, -0.2) is 4.57 Å². The molecule has 79 heavy (non-hydrogen) atoms. The van der Waals surface area contributed by atoms with Crippen molar-refractivity contribution >= 4 is 19.8 Å². The van der Waals surface area contributed by atoms with Gasteiger partial charge in [0.15, 0.2) is 6.10 Å². The molecule has 0 amide bonds. The monoisotopic (exact) mass is 1120 g/mol. The van der Waals surface area contributed by atoms with Crippen LogP contribution < -0.4 is 5.73 Å². The fourth-order valence-corrected chi connectivity index (χ4v) is 9.70. The van der Waals surface area contributed by atoms with Crippen molar-refractivity contribution in [3.05, 3.63) is 109 Å². The molecule has 0 bridgehead atoms. The molecule has 2 atom stereocenters. The van der Waals surface area contributed by atoms with E-state index >= 15 is 0 Å². The molecule has 0 rings (SSSR count). The number of carbonyl (C=O) groups excluding carboxylic acids is 2. The zero-order valence-electron chi connectivity index (χ0n) is 50.8. The lowest BCUT2D eigenvalue weighted by Crippen LogP contribution is -2.29. The van der Waals surface area contributed by atoms with Crippen molar-refractivity contribution in [2.75, 3.05) is 26.4 Å². The Labute approximate surface area is 486 Å². The highest BCUT2D eigenvalue weighted by molar-refractivity contribution is 7.47. The van der Waals surface area contributed by atoms with Crippen molar-refractivity contribution in [2.24, 2.45) is 5.73 Å². The lowest BCUT2D eigenvalue weighted by Gasteiger charge is -2.19. The maximum atomic E-state index is 12.7. The molecule has 2 unspecified atom stereocenters. The standard InChI is InChI=1S/C69H120NO8P/c1-3-5-7-9-11-13-15-17-19-21-23-25-27-29-31-33-35-37-39-41-43-45-47-49-51-53-55-57-59-61-68(71)75-65-67(66-77-79(73,74)76-64-63-70)78-69(72)62-60-58-56-54-52-50-48-46-44-42-40-38-36-34-32-30-28-26-24-22-20-18-16-14-12-10-8-6-4-2/h6,8,12,14,18,20,24,26,30,32,36,38,42,44,48,50,54,56,67H,3-5,7,9-11,13,15-17,19,21-23,25,27-29,31,33-35,37,39-41,43,45-47,49,51-53,55,57-66,70H2,1-2H3,(H,73,74)/b8-6-,14-12-,20-18-,26-24-,32-30-,38-36-,44-42-,50-48-,56-54-. The Balaban J connectivity index is 4.02. The molecule has 0 aliphatic heterocycles. The molecule has 0 aliphatic carbocycles. The molecule has 0 aromatic heterocycles. The lowest BCUT2D eigenvalue weighted by atomic mass is 10.0. The highest BCUT2D eigenvalue weighted by Gasteiger charge is 2.26. The predicted octanol–water partition coefficient (Wildman–Crippen LogP) is 21.0. The zero-order valence-corrected chi connectivity index (χ0v) is 51.7. The molecule has 0 radical (unpaired) electrons. The molecule has 0 fully saturated rings. The molecule has 9 nitrogen and oxygen atoms in total. The molecule has 0 aromatic rings. The number of hydrogen-bond acceptors (Lipinski definition) is 8. The molecule has 10 heteroatoms. The molecule has 3 N–H and O–H groups in total. The van der Waals surface area contributed by atoms with Gasteiger partial charge in [0.2, 0.25) is 0 Å². The van der Waals surface area contributed by atoms with E-state index in [4.69, 9.17) is 24.3 Å². The third-order valence-electron chi connectivity index (χ3n) is 13.7. The summed E-state index contributed by atoms with van der Waals surface area (Å²) < 4.78 is 33.0. The highest BCUT2D eigenvalue weighted by Crippen LogP contribution is 2.43. The van der Waals surface area contributed by atoms with Gasteiger partial charge >= 0.3 is 19.8 Å². The van der Waals surface area contributed by atoms with Crippen LogP contribution in [0, 0.1) is 0 Å². The third-order valence-corrected chi connectivity index (χ3v) is 14.7. The van der Waals surface area contributed by atoms with E-state index in [-0.39, 0.29) is 32.6 Å². The van der Waals surface area contributed by atoms with Gasteiger partial charge in [0.25, 0.3) is 0 Å². The van der Waals surface area contributed by atoms with Crippen molar-refractivity contribution in [3.63, 3.8) is 0 Å². The van der Waals surface area contributed by atoms with Gasteiger partial charge in [-0.05, 0) is 77.0 Å². The molecule has 0 saturated carbocycles. The van der Waals surface area contributed by atoms with Gasteiger partial charge in [-0.1, -0.05) is 303 Å². The molecule has 0 heterocycles. The first kappa shape index (κ1) is 75.7. The van der Waals surface area contributed by atoms with Gasteiger partial charge in [-0.3, -0.25) is 18.6 Å². The van der Waals surface area contributed by atoms with Crippen LogP contribution in [0.3, 0.4) is 0 Å².